The molecule has 0 atom stereocenters. The maximum Gasteiger partial charge on any atom is 0.0361 e. The average molecular weight is 194 g/mol. The Balaban J connectivity index is 0.000000791. The molecular formula is C12H22N2. The minimum absolute atomic E-state index is 0.938. The summed E-state index contributed by atoms with van der Waals surface area (Å²) in [6, 6.07) is 8.55. The smallest absolute Gasteiger partial charge is 0.0361 e. The van der Waals surface area contributed by atoms with Crippen LogP contribution in [-0.2, 0) is 6.54 Å². The largest absolute Gasteiger partial charge is 0.378 e. The summed E-state index contributed by atoms with van der Waals surface area (Å²) in [6.07, 6.45) is 0. The number of rotatable bonds is 3. The fourth-order valence-electron chi connectivity index (χ4n) is 1.12. The van der Waals surface area contributed by atoms with Crippen molar-refractivity contribution in [3.63, 3.8) is 0 Å². The van der Waals surface area contributed by atoms with Crippen LogP contribution in [0.2, 0.25) is 0 Å². The fraction of sp³-hybridized carbons (Fsp3) is 0.500. The molecule has 1 rings (SSSR count). The molecule has 14 heavy (non-hydrogen) atoms. The zero-order valence-electron chi connectivity index (χ0n) is 9.96. The van der Waals surface area contributed by atoms with Gasteiger partial charge in [-0.2, -0.15) is 0 Å². The summed E-state index contributed by atoms with van der Waals surface area (Å²) in [5.41, 5.74) is 2.57. The lowest BCUT2D eigenvalue weighted by atomic mass is 10.2. The Morgan fingerprint density at radius 2 is 1.57 bits per heavy atom. The van der Waals surface area contributed by atoms with Crippen molar-refractivity contribution in [3.05, 3.63) is 29.8 Å². The van der Waals surface area contributed by atoms with Gasteiger partial charge >= 0.3 is 0 Å². The number of anilines is 1. The highest BCUT2D eigenvalue weighted by Crippen LogP contribution is 2.11. The molecule has 0 radical (unpaired) electrons. The second-order valence-electron chi connectivity index (χ2n) is 3.09. The van der Waals surface area contributed by atoms with E-state index in [0.717, 1.165) is 6.54 Å². The molecule has 1 N–H and O–H groups in total. The van der Waals surface area contributed by atoms with Crippen molar-refractivity contribution in [3.8, 4) is 0 Å². The van der Waals surface area contributed by atoms with Gasteiger partial charge in [0.05, 0.1) is 0 Å². The number of nitrogens with one attached hydrogen (secondary N) is 1. The Morgan fingerprint density at radius 1 is 1.07 bits per heavy atom. The minimum Gasteiger partial charge on any atom is -0.378 e. The van der Waals surface area contributed by atoms with Gasteiger partial charge in [0.15, 0.2) is 0 Å². The highest BCUT2D eigenvalue weighted by Gasteiger charge is 1.94. The van der Waals surface area contributed by atoms with E-state index in [4.69, 9.17) is 0 Å². The van der Waals surface area contributed by atoms with Crippen LogP contribution < -0.4 is 10.2 Å². The molecule has 1 aromatic carbocycles. The van der Waals surface area contributed by atoms with E-state index in [1.165, 1.54) is 11.3 Å². The highest BCUT2D eigenvalue weighted by molar-refractivity contribution is 5.45. The van der Waals surface area contributed by atoms with E-state index < -0.39 is 0 Å². The van der Waals surface area contributed by atoms with Crippen LogP contribution in [0.1, 0.15) is 19.4 Å². The van der Waals surface area contributed by atoms with Gasteiger partial charge in [-0.25, -0.2) is 0 Å². The standard InChI is InChI=1S/C10H16N2.C2H6/c1-11-8-9-4-6-10(7-5-9)12(2)3;1-2/h4-7,11H,8H2,1-3H3;1-2H3. The third-order valence-corrected chi connectivity index (χ3v) is 1.83. The molecule has 0 saturated carbocycles. The summed E-state index contributed by atoms with van der Waals surface area (Å²) in [6.45, 7) is 4.94. The maximum atomic E-state index is 3.12. The van der Waals surface area contributed by atoms with Gasteiger partial charge < -0.3 is 10.2 Å². The molecule has 0 aliphatic rings. The van der Waals surface area contributed by atoms with E-state index in [-0.39, 0.29) is 0 Å². The molecule has 0 aliphatic heterocycles. The molecule has 1 aromatic rings. The van der Waals surface area contributed by atoms with Crippen LogP contribution in [0, 0.1) is 0 Å². The van der Waals surface area contributed by atoms with Crippen LogP contribution in [-0.4, -0.2) is 21.1 Å². The molecule has 2 heteroatoms. The van der Waals surface area contributed by atoms with Crippen molar-refractivity contribution >= 4 is 5.69 Å². The monoisotopic (exact) mass is 194 g/mol. The number of hydrogen-bond acceptors (Lipinski definition) is 2. The van der Waals surface area contributed by atoms with Crippen molar-refractivity contribution in [1.82, 2.24) is 5.32 Å². The highest BCUT2D eigenvalue weighted by atomic mass is 15.1. The molecule has 0 heterocycles. The van der Waals surface area contributed by atoms with Gasteiger partial charge in [-0.3, -0.25) is 0 Å². The first-order valence-corrected chi connectivity index (χ1v) is 5.15. The van der Waals surface area contributed by atoms with E-state index in [9.17, 15) is 0 Å². The fourth-order valence-corrected chi connectivity index (χ4v) is 1.12. The first-order chi connectivity index (χ1) is 6.74. The molecule has 0 bridgehead atoms. The van der Waals surface area contributed by atoms with Crippen LogP contribution in [0.25, 0.3) is 0 Å². The minimum atomic E-state index is 0.938. The topological polar surface area (TPSA) is 15.3 Å². The quantitative estimate of drug-likeness (QED) is 0.795. The van der Waals surface area contributed by atoms with E-state index in [0.29, 0.717) is 0 Å². The third kappa shape index (κ3) is 4.28. The van der Waals surface area contributed by atoms with Crippen LogP contribution in [0.5, 0.6) is 0 Å². The summed E-state index contributed by atoms with van der Waals surface area (Å²) in [4.78, 5) is 2.10. The van der Waals surface area contributed by atoms with Crippen LogP contribution in [0.15, 0.2) is 24.3 Å². The van der Waals surface area contributed by atoms with Gasteiger partial charge in [0, 0.05) is 26.3 Å². The summed E-state index contributed by atoms with van der Waals surface area (Å²) in [7, 11) is 6.06. The van der Waals surface area contributed by atoms with Crippen molar-refractivity contribution < 1.29 is 0 Å². The normalized spacial score (nSPS) is 8.93. The van der Waals surface area contributed by atoms with E-state index in [2.05, 4.69) is 34.5 Å². The Bertz CT molecular complexity index is 227. The summed E-state index contributed by atoms with van der Waals surface area (Å²) in [5.74, 6) is 0. The van der Waals surface area contributed by atoms with Gasteiger partial charge in [0.25, 0.3) is 0 Å². The van der Waals surface area contributed by atoms with Gasteiger partial charge in [0.2, 0.25) is 0 Å². The Hall–Kier alpha value is -1.02. The molecule has 0 aromatic heterocycles. The Labute approximate surface area is 87.9 Å². The lowest BCUT2D eigenvalue weighted by Gasteiger charge is -2.12. The van der Waals surface area contributed by atoms with Gasteiger partial charge in [-0.05, 0) is 24.7 Å². The predicted octanol–water partition coefficient (Wildman–Crippen LogP) is 2.50. The first-order valence-electron chi connectivity index (χ1n) is 5.15. The lowest BCUT2D eigenvalue weighted by molar-refractivity contribution is 0.818. The van der Waals surface area contributed by atoms with Gasteiger partial charge in [-0.15, -0.1) is 0 Å². The van der Waals surface area contributed by atoms with Crippen LogP contribution in [0.3, 0.4) is 0 Å². The van der Waals surface area contributed by atoms with E-state index in [1.807, 2.05) is 35.0 Å². The SMILES string of the molecule is CC.CNCc1ccc(N(C)C)cc1. The Kier molecular flexibility index (Phi) is 6.85. The van der Waals surface area contributed by atoms with E-state index in [1.54, 1.807) is 0 Å². The van der Waals surface area contributed by atoms with Crippen molar-refractivity contribution in [2.45, 2.75) is 20.4 Å². The van der Waals surface area contributed by atoms with Crippen molar-refractivity contribution in [2.75, 3.05) is 26.0 Å². The molecule has 2 nitrogen and oxygen atoms in total. The summed E-state index contributed by atoms with van der Waals surface area (Å²) < 4.78 is 0. The third-order valence-electron chi connectivity index (χ3n) is 1.83. The van der Waals surface area contributed by atoms with Gasteiger partial charge in [0.1, 0.15) is 0 Å². The molecule has 0 spiro atoms. The zero-order valence-corrected chi connectivity index (χ0v) is 9.96. The molecule has 80 valence electrons. The number of hydrogen-bond donors (Lipinski definition) is 1. The second kappa shape index (κ2) is 7.39. The molecule has 0 fully saturated rings. The molecule has 0 unspecified atom stereocenters. The molecular weight excluding hydrogens is 172 g/mol. The zero-order chi connectivity index (χ0) is 11.0. The van der Waals surface area contributed by atoms with Crippen LogP contribution in [0.4, 0.5) is 5.69 Å². The average Bonchev–Trinajstić information content (AvgIpc) is 2.22. The maximum absolute atomic E-state index is 3.12. The number of benzene rings is 1. The molecule has 0 amide bonds. The van der Waals surface area contributed by atoms with Crippen molar-refractivity contribution in [1.29, 1.82) is 0 Å². The summed E-state index contributed by atoms with van der Waals surface area (Å²) >= 11 is 0. The van der Waals surface area contributed by atoms with Crippen molar-refractivity contribution in [2.24, 2.45) is 0 Å². The molecule has 0 saturated heterocycles. The summed E-state index contributed by atoms with van der Waals surface area (Å²) in [5, 5.41) is 3.12. The second-order valence-corrected chi connectivity index (χ2v) is 3.09. The van der Waals surface area contributed by atoms with Gasteiger partial charge in [-0.1, -0.05) is 26.0 Å². The Morgan fingerprint density at radius 3 is 1.93 bits per heavy atom. The lowest BCUT2D eigenvalue weighted by Crippen LogP contribution is -2.09. The predicted molar refractivity (Wildman–Crippen MR) is 64.9 cm³/mol. The first kappa shape index (κ1) is 13.0. The van der Waals surface area contributed by atoms with Crippen LogP contribution >= 0.6 is 0 Å². The number of nitrogens with zero attached hydrogens (tertiary/aromatic N) is 1. The molecule has 0 aliphatic carbocycles. The van der Waals surface area contributed by atoms with E-state index >= 15 is 0 Å².